The minimum absolute atomic E-state index is 0.185. The van der Waals surface area contributed by atoms with E-state index in [1.54, 1.807) is 6.07 Å². The quantitative estimate of drug-likeness (QED) is 0.671. The van der Waals surface area contributed by atoms with Crippen molar-refractivity contribution < 1.29 is 14.3 Å². The minimum atomic E-state index is -0.693. The number of amides is 1. The van der Waals surface area contributed by atoms with Crippen LogP contribution in [0, 0.1) is 0 Å². The van der Waals surface area contributed by atoms with Crippen molar-refractivity contribution in [3.63, 3.8) is 0 Å². The molecular weight excluding hydrogens is 406 g/mol. The zero-order valence-corrected chi connectivity index (χ0v) is 16.1. The topological polar surface area (TPSA) is 47.6 Å². The molecule has 4 nitrogen and oxygen atoms in total. The average Bonchev–Trinajstić information content (AvgIpc) is 2.73. The van der Waals surface area contributed by atoms with E-state index in [0.29, 0.717) is 11.5 Å². The smallest absolute Gasteiger partial charge is 0.265 e. The number of fused-ring (bicyclic) bond motifs is 1. The van der Waals surface area contributed by atoms with Crippen molar-refractivity contribution >= 4 is 21.8 Å². The van der Waals surface area contributed by atoms with E-state index < -0.39 is 6.10 Å². The molecule has 3 aromatic carbocycles. The summed E-state index contributed by atoms with van der Waals surface area (Å²) in [5, 5.41) is 3.11. The van der Waals surface area contributed by atoms with Crippen LogP contribution in [0.15, 0.2) is 83.3 Å². The number of hydrogen-bond donors (Lipinski definition) is 1. The summed E-state index contributed by atoms with van der Waals surface area (Å²) < 4.78 is 12.5. The standard InChI is InChI=1S/C22H18BrNO3/c23-17-12-10-16(11-13-17)21(15-6-2-1-3-7-15)24-22(25)20-14-26-18-8-4-5-9-19(18)27-20/h1-13,20-21H,14H2,(H,24,25). The monoisotopic (exact) mass is 423 g/mol. The van der Waals surface area contributed by atoms with E-state index in [9.17, 15) is 4.79 Å². The third-order valence-corrected chi connectivity index (χ3v) is 4.95. The van der Waals surface area contributed by atoms with Crippen LogP contribution in [0.2, 0.25) is 0 Å². The molecule has 1 N–H and O–H groups in total. The van der Waals surface area contributed by atoms with Gasteiger partial charge in [-0.05, 0) is 35.4 Å². The predicted octanol–water partition coefficient (Wildman–Crippen LogP) is 4.49. The molecule has 1 heterocycles. The molecule has 1 aliphatic heterocycles. The Bertz CT molecular complexity index is 928. The number of para-hydroxylation sites is 2. The molecule has 2 unspecified atom stereocenters. The molecule has 1 aliphatic rings. The molecule has 3 aromatic rings. The molecule has 0 bridgehead atoms. The summed E-state index contributed by atoms with van der Waals surface area (Å²) in [4.78, 5) is 12.9. The second kappa shape index (κ2) is 7.84. The van der Waals surface area contributed by atoms with Gasteiger partial charge in [-0.3, -0.25) is 4.79 Å². The van der Waals surface area contributed by atoms with Crippen LogP contribution >= 0.6 is 15.9 Å². The molecule has 0 saturated heterocycles. The third-order valence-electron chi connectivity index (χ3n) is 4.42. The van der Waals surface area contributed by atoms with Gasteiger partial charge in [-0.15, -0.1) is 0 Å². The van der Waals surface area contributed by atoms with Gasteiger partial charge >= 0.3 is 0 Å². The fraction of sp³-hybridized carbons (Fsp3) is 0.136. The van der Waals surface area contributed by atoms with E-state index in [0.717, 1.165) is 15.6 Å². The van der Waals surface area contributed by atoms with Crippen LogP contribution in [0.4, 0.5) is 0 Å². The fourth-order valence-corrected chi connectivity index (χ4v) is 3.31. The zero-order valence-electron chi connectivity index (χ0n) is 14.5. The van der Waals surface area contributed by atoms with E-state index in [-0.39, 0.29) is 18.6 Å². The Morgan fingerprint density at radius 1 is 0.889 bits per heavy atom. The number of hydrogen-bond acceptors (Lipinski definition) is 3. The SMILES string of the molecule is O=C(NC(c1ccccc1)c1ccc(Br)cc1)C1COc2ccccc2O1. The number of ether oxygens (including phenoxy) is 2. The molecule has 2 atom stereocenters. The average molecular weight is 424 g/mol. The van der Waals surface area contributed by atoms with E-state index in [1.807, 2.05) is 72.8 Å². The summed E-state index contributed by atoms with van der Waals surface area (Å²) in [6, 6.07) is 24.9. The fourth-order valence-electron chi connectivity index (χ4n) is 3.04. The van der Waals surface area contributed by atoms with E-state index in [4.69, 9.17) is 9.47 Å². The van der Waals surface area contributed by atoms with Crippen molar-refractivity contribution in [2.75, 3.05) is 6.61 Å². The maximum absolute atomic E-state index is 12.9. The van der Waals surface area contributed by atoms with Gasteiger partial charge in [0.05, 0.1) is 6.04 Å². The van der Waals surface area contributed by atoms with Crippen LogP contribution in [0.1, 0.15) is 17.2 Å². The zero-order chi connectivity index (χ0) is 18.6. The Morgan fingerprint density at radius 3 is 2.26 bits per heavy atom. The highest BCUT2D eigenvalue weighted by Gasteiger charge is 2.29. The number of carbonyl (C=O) groups excluding carboxylic acids is 1. The number of halogens is 1. The lowest BCUT2D eigenvalue weighted by molar-refractivity contribution is -0.130. The Kier molecular flexibility index (Phi) is 5.12. The first kappa shape index (κ1) is 17.6. The van der Waals surface area contributed by atoms with Crippen molar-refractivity contribution in [2.45, 2.75) is 12.1 Å². The summed E-state index contributed by atoms with van der Waals surface area (Å²) in [6.07, 6.45) is -0.693. The van der Waals surface area contributed by atoms with Gasteiger partial charge in [0.15, 0.2) is 11.5 Å². The molecule has 0 spiro atoms. The van der Waals surface area contributed by atoms with Gasteiger partial charge in [0, 0.05) is 4.47 Å². The van der Waals surface area contributed by atoms with E-state index >= 15 is 0 Å². The summed E-state index contributed by atoms with van der Waals surface area (Å²) in [7, 11) is 0. The molecule has 0 saturated carbocycles. The van der Waals surface area contributed by atoms with Crippen molar-refractivity contribution in [2.24, 2.45) is 0 Å². The van der Waals surface area contributed by atoms with E-state index in [1.165, 1.54) is 0 Å². The van der Waals surface area contributed by atoms with Crippen LogP contribution in [0.3, 0.4) is 0 Å². The van der Waals surface area contributed by atoms with Crippen LogP contribution in [-0.4, -0.2) is 18.6 Å². The first-order valence-electron chi connectivity index (χ1n) is 8.70. The number of benzene rings is 3. The molecule has 0 aliphatic carbocycles. The Balaban J connectivity index is 1.57. The summed E-state index contributed by atoms with van der Waals surface area (Å²) in [5.74, 6) is 1.04. The summed E-state index contributed by atoms with van der Waals surface area (Å²) in [6.45, 7) is 0.185. The molecular formula is C22H18BrNO3. The predicted molar refractivity (Wildman–Crippen MR) is 107 cm³/mol. The lowest BCUT2D eigenvalue weighted by Crippen LogP contribution is -2.45. The molecule has 27 heavy (non-hydrogen) atoms. The molecule has 0 fully saturated rings. The van der Waals surface area contributed by atoms with Gasteiger partial charge in [0.2, 0.25) is 6.10 Å². The highest BCUT2D eigenvalue weighted by atomic mass is 79.9. The second-order valence-electron chi connectivity index (χ2n) is 6.27. The maximum Gasteiger partial charge on any atom is 0.265 e. The van der Waals surface area contributed by atoms with Gasteiger partial charge in [0.1, 0.15) is 6.61 Å². The summed E-state index contributed by atoms with van der Waals surface area (Å²) >= 11 is 3.46. The Morgan fingerprint density at radius 2 is 1.52 bits per heavy atom. The molecule has 5 heteroatoms. The molecule has 4 rings (SSSR count). The van der Waals surface area contributed by atoms with Gasteiger partial charge in [0.25, 0.3) is 5.91 Å². The molecule has 0 aromatic heterocycles. The highest BCUT2D eigenvalue weighted by Crippen LogP contribution is 2.31. The first-order valence-corrected chi connectivity index (χ1v) is 9.49. The normalized spacial score (nSPS) is 16.4. The molecule has 0 radical (unpaired) electrons. The van der Waals surface area contributed by atoms with Crippen molar-refractivity contribution in [3.8, 4) is 11.5 Å². The van der Waals surface area contributed by atoms with Crippen LogP contribution in [0.5, 0.6) is 11.5 Å². The molecule has 136 valence electrons. The largest absolute Gasteiger partial charge is 0.485 e. The third kappa shape index (κ3) is 3.98. The lowest BCUT2D eigenvalue weighted by atomic mass is 9.98. The van der Waals surface area contributed by atoms with Gasteiger partial charge in [-0.25, -0.2) is 0 Å². The molecule has 1 amide bonds. The lowest BCUT2D eigenvalue weighted by Gasteiger charge is -2.28. The van der Waals surface area contributed by atoms with Gasteiger partial charge < -0.3 is 14.8 Å². The number of nitrogens with one attached hydrogen (secondary N) is 1. The Labute approximate surface area is 166 Å². The van der Waals surface area contributed by atoms with E-state index in [2.05, 4.69) is 21.2 Å². The summed E-state index contributed by atoms with van der Waals surface area (Å²) in [5.41, 5.74) is 2.00. The van der Waals surface area contributed by atoms with Crippen LogP contribution < -0.4 is 14.8 Å². The second-order valence-corrected chi connectivity index (χ2v) is 7.18. The van der Waals surface area contributed by atoms with Crippen molar-refractivity contribution in [1.82, 2.24) is 5.32 Å². The number of carbonyl (C=O) groups is 1. The van der Waals surface area contributed by atoms with Crippen LogP contribution in [0.25, 0.3) is 0 Å². The van der Waals surface area contributed by atoms with Crippen molar-refractivity contribution in [3.05, 3.63) is 94.5 Å². The maximum atomic E-state index is 12.9. The van der Waals surface area contributed by atoms with Crippen LogP contribution in [-0.2, 0) is 4.79 Å². The van der Waals surface area contributed by atoms with Gasteiger partial charge in [-0.1, -0.05) is 70.5 Å². The Hall–Kier alpha value is -2.79. The first-order chi connectivity index (χ1) is 13.2. The number of rotatable bonds is 4. The highest BCUT2D eigenvalue weighted by molar-refractivity contribution is 9.10. The van der Waals surface area contributed by atoms with Gasteiger partial charge in [-0.2, -0.15) is 0 Å². The minimum Gasteiger partial charge on any atom is -0.485 e. The van der Waals surface area contributed by atoms with Crippen molar-refractivity contribution in [1.29, 1.82) is 0 Å².